The number of rotatable bonds is 2. The molecule has 5 heteroatoms. The molecule has 1 aliphatic carbocycles. The lowest BCUT2D eigenvalue weighted by Gasteiger charge is -2.12. The van der Waals surface area contributed by atoms with Crippen LogP contribution in [0.3, 0.4) is 0 Å². The number of fused-ring (bicyclic) bond motifs is 1. The van der Waals surface area contributed by atoms with E-state index >= 15 is 0 Å². The van der Waals surface area contributed by atoms with Crippen LogP contribution in [-0.2, 0) is 0 Å². The first-order valence-corrected chi connectivity index (χ1v) is 7.38. The summed E-state index contributed by atoms with van der Waals surface area (Å²) in [7, 11) is 0. The van der Waals surface area contributed by atoms with E-state index in [9.17, 15) is 14.3 Å². The minimum absolute atomic E-state index is 0.122. The van der Waals surface area contributed by atoms with Crippen molar-refractivity contribution in [3.63, 3.8) is 0 Å². The van der Waals surface area contributed by atoms with Gasteiger partial charge in [-0.1, -0.05) is 12.8 Å². The van der Waals surface area contributed by atoms with Gasteiger partial charge in [-0.05, 0) is 47.0 Å². The highest BCUT2D eigenvalue weighted by Gasteiger charge is 2.22. The van der Waals surface area contributed by atoms with Crippen molar-refractivity contribution in [3.8, 4) is 0 Å². The van der Waals surface area contributed by atoms with Gasteiger partial charge < -0.3 is 5.11 Å². The zero-order valence-corrected chi connectivity index (χ0v) is 12.3. The van der Waals surface area contributed by atoms with Crippen LogP contribution in [0, 0.1) is 5.82 Å². The Balaban J connectivity index is 2.27. The van der Waals surface area contributed by atoms with E-state index in [-0.39, 0.29) is 5.56 Å². The van der Waals surface area contributed by atoms with E-state index in [0.29, 0.717) is 21.3 Å². The van der Waals surface area contributed by atoms with Crippen LogP contribution in [0.5, 0.6) is 0 Å². The van der Waals surface area contributed by atoms with Crippen LogP contribution in [0.4, 0.5) is 4.39 Å². The number of aromatic carboxylic acids is 1. The lowest BCUT2D eigenvalue weighted by atomic mass is 9.99. The first-order chi connectivity index (χ1) is 9.56. The highest BCUT2D eigenvalue weighted by Crippen LogP contribution is 2.36. The van der Waals surface area contributed by atoms with E-state index in [0.717, 1.165) is 31.4 Å². The van der Waals surface area contributed by atoms with Crippen LogP contribution in [-0.4, -0.2) is 16.1 Å². The van der Waals surface area contributed by atoms with Crippen molar-refractivity contribution < 1.29 is 14.3 Å². The second-order valence-electron chi connectivity index (χ2n) is 5.16. The third-order valence-electron chi connectivity index (χ3n) is 3.86. The summed E-state index contributed by atoms with van der Waals surface area (Å²) in [6.07, 6.45) is 4.38. The summed E-state index contributed by atoms with van der Waals surface area (Å²) in [6, 6.07) is 4.15. The lowest BCUT2D eigenvalue weighted by molar-refractivity contribution is 0.0699. The summed E-state index contributed by atoms with van der Waals surface area (Å²) in [5.74, 6) is -1.20. The normalized spacial score (nSPS) is 15.9. The Bertz CT molecular complexity index is 696. The Morgan fingerprint density at radius 2 is 2.00 bits per heavy atom. The van der Waals surface area contributed by atoms with Gasteiger partial charge in [-0.3, -0.25) is 4.98 Å². The van der Waals surface area contributed by atoms with Gasteiger partial charge in [0.2, 0.25) is 0 Å². The van der Waals surface area contributed by atoms with Gasteiger partial charge in [-0.2, -0.15) is 0 Å². The van der Waals surface area contributed by atoms with Gasteiger partial charge >= 0.3 is 5.97 Å². The van der Waals surface area contributed by atoms with Crippen molar-refractivity contribution in [1.29, 1.82) is 0 Å². The van der Waals surface area contributed by atoms with E-state index in [2.05, 4.69) is 20.9 Å². The second-order valence-corrected chi connectivity index (χ2v) is 6.02. The van der Waals surface area contributed by atoms with E-state index in [1.54, 1.807) is 6.07 Å². The van der Waals surface area contributed by atoms with E-state index in [1.165, 1.54) is 12.1 Å². The zero-order chi connectivity index (χ0) is 14.3. The maximum absolute atomic E-state index is 13.5. The molecule has 1 heterocycles. The molecule has 1 fully saturated rings. The summed E-state index contributed by atoms with van der Waals surface area (Å²) in [5, 5.41) is 9.71. The van der Waals surface area contributed by atoms with Gasteiger partial charge in [0, 0.05) is 21.5 Å². The number of carbonyl (C=O) groups is 1. The number of carboxylic acid groups (broad SMARTS) is 1. The average molecular weight is 338 g/mol. The Kier molecular flexibility index (Phi) is 3.46. The standard InChI is InChI=1S/C15H13BrFNO2/c16-12-6-9(17)5-10-11(15(19)20)7-13(18-14(10)12)8-3-1-2-4-8/h5-8H,1-4H2,(H,19,20). The van der Waals surface area contributed by atoms with E-state index < -0.39 is 11.8 Å². The third-order valence-corrected chi connectivity index (χ3v) is 4.46. The van der Waals surface area contributed by atoms with Crippen LogP contribution < -0.4 is 0 Å². The van der Waals surface area contributed by atoms with Crippen molar-refractivity contribution in [1.82, 2.24) is 4.98 Å². The molecule has 3 rings (SSSR count). The molecule has 0 spiro atoms. The Labute approximate surface area is 124 Å². The third kappa shape index (κ3) is 2.30. The first kappa shape index (κ1) is 13.5. The number of nitrogens with zero attached hydrogens (tertiary/aromatic N) is 1. The molecule has 0 unspecified atom stereocenters. The molecule has 0 atom stereocenters. The second kappa shape index (κ2) is 5.13. The maximum atomic E-state index is 13.5. The molecule has 3 nitrogen and oxygen atoms in total. The van der Waals surface area contributed by atoms with Crippen LogP contribution in [0.1, 0.15) is 47.7 Å². The number of pyridine rings is 1. The number of aromatic nitrogens is 1. The molecule has 104 valence electrons. The van der Waals surface area contributed by atoms with E-state index in [1.807, 2.05) is 0 Å². The first-order valence-electron chi connectivity index (χ1n) is 6.59. The van der Waals surface area contributed by atoms with Crippen LogP contribution in [0.2, 0.25) is 0 Å². The Morgan fingerprint density at radius 3 is 2.65 bits per heavy atom. The molecule has 1 N–H and O–H groups in total. The van der Waals surface area contributed by atoms with Gasteiger partial charge in [0.15, 0.2) is 0 Å². The summed E-state index contributed by atoms with van der Waals surface area (Å²) >= 11 is 3.28. The number of halogens is 2. The quantitative estimate of drug-likeness (QED) is 0.878. The predicted octanol–water partition coefficient (Wildman–Crippen LogP) is 4.49. The van der Waals surface area contributed by atoms with Crippen molar-refractivity contribution in [3.05, 3.63) is 39.7 Å². The lowest BCUT2D eigenvalue weighted by Crippen LogP contribution is -2.05. The molecular formula is C15H13BrFNO2. The van der Waals surface area contributed by atoms with Gasteiger partial charge in [-0.25, -0.2) is 9.18 Å². The number of benzene rings is 1. The smallest absolute Gasteiger partial charge is 0.336 e. The summed E-state index contributed by atoms with van der Waals surface area (Å²) in [6.45, 7) is 0. The van der Waals surface area contributed by atoms with Crippen molar-refractivity contribution in [2.24, 2.45) is 0 Å². The largest absolute Gasteiger partial charge is 0.478 e. The van der Waals surface area contributed by atoms with Crippen molar-refractivity contribution in [2.75, 3.05) is 0 Å². The van der Waals surface area contributed by atoms with Gasteiger partial charge in [0.05, 0.1) is 11.1 Å². The summed E-state index contributed by atoms with van der Waals surface area (Å²) < 4.78 is 14.0. The summed E-state index contributed by atoms with van der Waals surface area (Å²) in [5.41, 5.74) is 1.45. The molecule has 0 amide bonds. The molecule has 1 aromatic heterocycles. The fraction of sp³-hybridized carbons (Fsp3) is 0.333. The number of hydrogen-bond acceptors (Lipinski definition) is 2. The maximum Gasteiger partial charge on any atom is 0.336 e. The molecule has 1 aliphatic rings. The molecule has 0 saturated heterocycles. The zero-order valence-electron chi connectivity index (χ0n) is 10.7. The molecule has 0 bridgehead atoms. The average Bonchev–Trinajstić information content (AvgIpc) is 2.91. The fourth-order valence-electron chi connectivity index (χ4n) is 2.88. The molecule has 2 aromatic rings. The Morgan fingerprint density at radius 1 is 1.30 bits per heavy atom. The van der Waals surface area contributed by atoms with Crippen LogP contribution >= 0.6 is 15.9 Å². The monoisotopic (exact) mass is 337 g/mol. The molecule has 0 aliphatic heterocycles. The Hall–Kier alpha value is -1.49. The SMILES string of the molecule is O=C(O)c1cc(C2CCCC2)nc2c(Br)cc(F)cc12. The molecule has 20 heavy (non-hydrogen) atoms. The topological polar surface area (TPSA) is 50.2 Å². The number of carboxylic acids is 1. The minimum atomic E-state index is -1.05. The molecule has 1 aromatic carbocycles. The number of hydrogen-bond donors (Lipinski definition) is 1. The fourth-order valence-corrected chi connectivity index (χ4v) is 3.40. The van der Waals surface area contributed by atoms with Crippen molar-refractivity contribution >= 4 is 32.8 Å². The van der Waals surface area contributed by atoms with Crippen LogP contribution in [0.15, 0.2) is 22.7 Å². The van der Waals surface area contributed by atoms with Crippen LogP contribution in [0.25, 0.3) is 10.9 Å². The molecule has 1 saturated carbocycles. The van der Waals surface area contributed by atoms with E-state index in [4.69, 9.17) is 0 Å². The van der Waals surface area contributed by atoms with Gasteiger partial charge in [-0.15, -0.1) is 0 Å². The van der Waals surface area contributed by atoms with Crippen molar-refractivity contribution in [2.45, 2.75) is 31.6 Å². The van der Waals surface area contributed by atoms with Gasteiger partial charge in [0.25, 0.3) is 0 Å². The highest BCUT2D eigenvalue weighted by atomic mass is 79.9. The molecular weight excluding hydrogens is 325 g/mol. The highest BCUT2D eigenvalue weighted by molar-refractivity contribution is 9.10. The van der Waals surface area contributed by atoms with Gasteiger partial charge in [0.1, 0.15) is 5.82 Å². The molecule has 0 radical (unpaired) electrons. The predicted molar refractivity (Wildman–Crippen MR) is 77.6 cm³/mol. The minimum Gasteiger partial charge on any atom is -0.478 e. The summed E-state index contributed by atoms with van der Waals surface area (Å²) in [4.78, 5) is 16.0.